The molecule has 1 atom stereocenters. The minimum Gasteiger partial charge on any atom is -0.462 e. The number of hydrogen-bond donors (Lipinski definition) is 0. The molecule has 2 aromatic rings. The number of benzene rings is 1. The van der Waals surface area contributed by atoms with Crippen LogP contribution >= 0.6 is 0 Å². The summed E-state index contributed by atoms with van der Waals surface area (Å²) in [5.74, 6) is -0.327. The molecule has 0 spiro atoms. The third-order valence-electron chi connectivity index (χ3n) is 4.27. The highest BCUT2D eigenvalue weighted by Gasteiger charge is 2.27. The van der Waals surface area contributed by atoms with Crippen LogP contribution in [0.1, 0.15) is 17.3 Å². The topological polar surface area (TPSA) is 54.9 Å². The molecule has 1 aliphatic heterocycles. The van der Waals surface area contributed by atoms with Crippen LogP contribution in [0.4, 0.5) is 5.69 Å². The van der Waals surface area contributed by atoms with Gasteiger partial charge in [-0.1, -0.05) is 18.2 Å². The van der Waals surface area contributed by atoms with Crippen molar-refractivity contribution in [1.29, 1.82) is 0 Å². The third kappa shape index (κ3) is 3.91. The monoisotopic (exact) mass is 343 g/mol. The van der Waals surface area contributed by atoms with Crippen molar-refractivity contribution in [3.05, 3.63) is 36.0 Å². The minimum absolute atomic E-state index is 0.103. The molecule has 0 saturated carbocycles. The fourth-order valence-corrected chi connectivity index (χ4v) is 3.27. The number of para-hydroxylation sites is 1. The lowest BCUT2D eigenvalue weighted by Crippen LogP contribution is -2.47. The zero-order valence-electron chi connectivity index (χ0n) is 15.1. The van der Waals surface area contributed by atoms with E-state index in [0.717, 1.165) is 36.2 Å². The summed E-state index contributed by atoms with van der Waals surface area (Å²) >= 11 is 0. The average Bonchev–Trinajstić information content (AvgIpc) is 2.60. The number of hydrogen-bond acceptors (Lipinski definition) is 6. The maximum atomic E-state index is 12.5. The molecular formula is C19H25N3O3. The number of carbonyl (C=O) groups excluding carboxylic acids is 1. The molecule has 1 fully saturated rings. The number of anilines is 1. The lowest BCUT2D eigenvalue weighted by Gasteiger charge is -2.36. The Kier molecular flexibility index (Phi) is 5.50. The SMILES string of the molecule is CCOC(=O)c1cnc2ccccc2c1N1CCOC(CN(C)C)C1. The fraction of sp³-hybridized carbons (Fsp3) is 0.474. The molecule has 0 bridgehead atoms. The van der Waals surface area contributed by atoms with Crippen molar-refractivity contribution in [2.75, 3.05) is 51.8 Å². The Morgan fingerprint density at radius 1 is 1.40 bits per heavy atom. The second-order valence-corrected chi connectivity index (χ2v) is 6.46. The van der Waals surface area contributed by atoms with Gasteiger partial charge in [-0.3, -0.25) is 4.98 Å². The number of nitrogens with zero attached hydrogens (tertiary/aromatic N) is 3. The van der Waals surface area contributed by atoms with Gasteiger partial charge in [-0.2, -0.15) is 0 Å². The van der Waals surface area contributed by atoms with Crippen molar-refractivity contribution >= 4 is 22.6 Å². The second kappa shape index (κ2) is 7.80. The lowest BCUT2D eigenvalue weighted by molar-refractivity contribution is 0.0246. The first-order valence-corrected chi connectivity index (χ1v) is 8.66. The zero-order valence-corrected chi connectivity index (χ0v) is 15.1. The molecule has 6 nitrogen and oxygen atoms in total. The summed E-state index contributed by atoms with van der Waals surface area (Å²) in [5, 5.41) is 0.971. The van der Waals surface area contributed by atoms with Gasteiger partial charge in [0.05, 0.1) is 30.5 Å². The van der Waals surface area contributed by atoms with Crippen molar-refractivity contribution < 1.29 is 14.3 Å². The van der Waals surface area contributed by atoms with Crippen molar-refractivity contribution in [2.45, 2.75) is 13.0 Å². The molecule has 0 N–H and O–H groups in total. The molecule has 1 aromatic heterocycles. The quantitative estimate of drug-likeness (QED) is 0.776. The molecule has 2 heterocycles. The van der Waals surface area contributed by atoms with Crippen molar-refractivity contribution in [2.24, 2.45) is 0 Å². The molecular weight excluding hydrogens is 318 g/mol. The van der Waals surface area contributed by atoms with Crippen LogP contribution in [0.25, 0.3) is 10.9 Å². The number of likely N-dealkylation sites (N-methyl/N-ethyl adjacent to an activating group) is 1. The van der Waals surface area contributed by atoms with E-state index in [2.05, 4.69) is 14.8 Å². The fourth-order valence-electron chi connectivity index (χ4n) is 3.27. The number of rotatable bonds is 5. The maximum absolute atomic E-state index is 12.5. The molecule has 0 aliphatic carbocycles. The largest absolute Gasteiger partial charge is 0.462 e. The molecule has 1 unspecified atom stereocenters. The van der Waals surface area contributed by atoms with Crippen LogP contribution in [-0.4, -0.2) is 68.9 Å². The minimum atomic E-state index is -0.327. The highest BCUT2D eigenvalue weighted by Crippen LogP contribution is 2.31. The number of carbonyl (C=O) groups is 1. The lowest BCUT2D eigenvalue weighted by atomic mass is 10.1. The average molecular weight is 343 g/mol. The van der Waals surface area contributed by atoms with Gasteiger partial charge < -0.3 is 19.3 Å². The summed E-state index contributed by atoms with van der Waals surface area (Å²) < 4.78 is 11.1. The predicted octanol–water partition coefficient (Wildman–Crippen LogP) is 2.18. The summed E-state index contributed by atoms with van der Waals surface area (Å²) in [4.78, 5) is 21.3. The van der Waals surface area contributed by atoms with Crippen LogP contribution in [0.15, 0.2) is 30.5 Å². The van der Waals surface area contributed by atoms with Gasteiger partial charge in [0, 0.05) is 31.2 Å². The summed E-state index contributed by atoms with van der Waals surface area (Å²) in [6.45, 7) is 5.11. The number of pyridine rings is 1. The first-order chi connectivity index (χ1) is 12.1. The smallest absolute Gasteiger partial charge is 0.341 e. The van der Waals surface area contributed by atoms with Gasteiger partial charge in [0.25, 0.3) is 0 Å². The van der Waals surface area contributed by atoms with Gasteiger partial charge in [-0.05, 0) is 27.1 Å². The van der Waals surface area contributed by atoms with Gasteiger partial charge >= 0.3 is 5.97 Å². The van der Waals surface area contributed by atoms with Crippen molar-refractivity contribution in [3.8, 4) is 0 Å². The zero-order chi connectivity index (χ0) is 17.8. The molecule has 25 heavy (non-hydrogen) atoms. The molecule has 3 rings (SSSR count). The molecule has 134 valence electrons. The number of fused-ring (bicyclic) bond motifs is 1. The summed E-state index contributed by atoms with van der Waals surface area (Å²) in [6.07, 6.45) is 1.73. The van der Waals surface area contributed by atoms with E-state index >= 15 is 0 Å². The van der Waals surface area contributed by atoms with Crippen LogP contribution in [0.2, 0.25) is 0 Å². The first kappa shape index (κ1) is 17.6. The van der Waals surface area contributed by atoms with Gasteiger partial charge in [-0.15, -0.1) is 0 Å². The van der Waals surface area contributed by atoms with E-state index in [-0.39, 0.29) is 12.1 Å². The number of aromatic nitrogens is 1. The summed E-state index contributed by atoms with van der Waals surface area (Å²) in [6, 6.07) is 7.90. The first-order valence-electron chi connectivity index (χ1n) is 8.66. The van der Waals surface area contributed by atoms with Gasteiger partial charge in [0.2, 0.25) is 0 Å². The van der Waals surface area contributed by atoms with E-state index in [9.17, 15) is 4.79 Å². The van der Waals surface area contributed by atoms with Crippen LogP contribution in [0.3, 0.4) is 0 Å². The predicted molar refractivity (Wildman–Crippen MR) is 98.2 cm³/mol. The van der Waals surface area contributed by atoms with E-state index in [0.29, 0.717) is 18.8 Å². The molecule has 1 aliphatic rings. The Morgan fingerprint density at radius 2 is 2.20 bits per heavy atom. The molecule has 1 aromatic carbocycles. The molecule has 0 radical (unpaired) electrons. The Hall–Kier alpha value is -2.18. The van der Waals surface area contributed by atoms with Crippen molar-refractivity contribution in [1.82, 2.24) is 9.88 Å². The molecule has 1 saturated heterocycles. The van der Waals surface area contributed by atoms with Crippen molar-refractivity contribution in [3.63, 3.8) is 0 Å². The number of esters is 1. The molecule has 6 heteroatoms. The Balaban J connectivity index is 2.02. The van der Waals surface area contributed by atoms with Crippen LogP contribution < -0.4 is 4.90 Å². The summed E-state index contributed by atoms with van der Waals surface area (Å²) in [5.41, 5.74) is 2.29. The Bertz CT molecular complexity index is 748. The molecule has 0 amide bonds. The van der Waals surface area contributed by atoms with Crippen LogP contribution in [0.5, 0.6) is 0 Å². The highest BCUT2D eigenvalue weighted by molar-refractivity contribution is 6.05. The van der Waals surface area contributed by atoms with E-state index in [1.54, 1.807) is 6.20 Å². The Labute approximate surface area is 148 Å². The van der Waals surface area contributed by atoms with E-state index in [1.165, 1.54) is 0 Å². The number of morpholine rings is 1. The Morgan fingerprint density at radius 3 is 2.96 bits per heavy atom. The number of ether oxygens (including phenoxy) is 2. The van der Waals surface area contributed by atoms with Crippen LogP contribution in [0, 0.1) is 0 Å². The standard InChI is InChI=1S/C19H25N3O3/c1-4-24-19(23)16-11-20-17-8-6-5-7-15(17)18(16)22-9-10-25-14(13-22)12-21(2)3/h5-8,11,14H,4,9-10,12-13H2,1-3H3. The van der Waals surface area contributed by atoms with Gasteiger partial charge in [0.15, 0.2) is 0 Å². The van der Waals surface area contributed by atoms with E-state index in [4.69, 9.17) is 9.47 Å². The third-order valence-corrected chi connectivity index (χ3v) is 4.27. The summed E-state index contributed by atoms with van der Waals surface area (Å²) in [7, 11) is 4.07. The maximum Gasteiger partial charge on any atom is 0.341 e. The van der Waals surface area contributed by atoms with E-state index < -0.39 is 0 Å². The van der Waals surface area contributed by atoms with Gasteiger partial charge in [-0.25, -0.2) is 4.79 Å². The van der Waals surface area contributed by atoms with E-state index in [1.807, 2.05) is 45.3 Å². The van der Waals surface area contributed by atoms with Crippen LogP contribution in [-0.2, 0) is 9.47 Å². The normalized spacial score (nSPS) is 17.9. The highest BCUT2D eigenvalue weighted by atomic mass is 16.5. The second-order valence-electron chi connectivity index (χ2n) is 6.46. The van der Waals surface area contributed by atoms with Gasteiger partial charge in [0.1, 0.15) is 5.56 Å².